The summed E-state index contributed by atoms with van der Waals surface area (Å²) in [6.07, 6.45) is -4.64. The van der Waals surface area contributed by atoms with E-state index in [4.69, 9.17) is 21.1 Å². The Balaban J connectivity index is 2.14. The fraction of sp³-hybridized carbons (Fsp3) is 0.391. The van der Waals surface area contributed by atoms with Gasteiger partial charge in [0.15, 0.2) is 17.3 Å². The van der Waals surface area contributed by atoms with Crippen molar-refractivity contribution in [3.05, 3.63) is 58.6 Å². The van der Waals surface area contributed by atoms with Gasteiger partial charge in [-0.05, 0) is 55.3 Å². The first kappa shape index (κ1) is 25.6. The molecule has 184 valence electrons. The van der Waals surface area contributed by atoms with Crippen LogP contribution in [0.1, 0.15) is 42.2 Å². The zero-order chi connectivity index (χ0) is 25.1. The third kappa shape index (κ3) is 5.07. The second kappa shape index (κ2) is 10.1. The van der Waals surface area contributed by atoms with E-state index in [-0.39, 0.29) is 28.5 Å². The van der Waals surface area contributed by atoms with Crippen molar-refractivity contribution in [1.82, 2.24) is 10.6 Å². The summed E-state index contributed by atoms with van der Waals surface area (Å²) in [6, 6.07) is 6.67. The number of ether oxygens (including phenoxy) is 2. The Labute approximate surface area is 199 Å². The van der Waals surface area contributed by atoms with Gasteiger partial charge < -0.3 is 25.2 Å². The number of rotatable bonds is 8. The lowest BCUT2D eigenvalue weighted by Crippen LogP contribution is -2.72. The Bertz CT molecular complexity index is 1050. The minimum Gasteiger partial charge on any atom is -0.490 e. The van der Waals surface area contributed by atoms with E-state index in [0.717, 1.165) is 0 Å². The molecule has 34 heavy (non-hydrogen) atoms. The summed E-state index contributed by atoms with van der Waals surface area (Å²) in [5.41, 5.74) is -3.83. The molecule has 0 radical (unpaired) electrons. The summed E-state index contributed by atoms with van der Waals surface area (Å²) in [4.78, 5) is 25.5. The van der Waals surface area contributed by atoms with Crippen LogP contribution in [0.3, 0.4) is 0 Å². The summed E-state index contributed by atoms with van der Waals surface area (Å²) in [6.45, 7) is 4.25. The van der Waals surface area contributed by atoms with Gasteiger partial charge in [-0.2, -0.15) is 13.2 Å². The molecule has 3 N–H and O–H groups in total. The van der Waals surface area contributed by atoms with E-state index in [9.17, 15) is 27.9 Å². The first-order valence-electron chi connectivity index (χ1n) is 10.6. The Morgan fingerprint density at radius 1 is 1.12 bits per heavy atom. The fourth-order valence-corrected chi connectivity index (χ4v) is 3.85. The molecule has 7 nitrogen and oxygen atoms in total. The van der Waals surface area contributed by atoms with Gasteiger partial charge in [-0.25, -0.2) is 4.79 Å². The standard InChI is InChI=1S/C23H24ClF3N2O5/c1-3-11-34-16-10-7-14(12-17(16)33-4-2)19-18(20(30)13-5-8-15(24)9-6-13)22(32,23(25,26)27)29-21(31)28-19/h5-10,12,18-19,32H,3-4,11H2,1-2H3,(H2,28,29,31)/t18-,19+,22-/m1/s1. The van der Waals surface area contributed by atoms with Crippen LogP contribution in [0.25, 0.3) is 0 Å². The maximum Gasteiger partial charge on any atom is 0.437 e. The number of alkyl halides is 3. The van der Waals surface area contributed by atoms with Gasteiger partial charge in [0, 0.05) is 10.6 Å². The lowest BCUT2D eigenvalue weighted by molar-refractivity contribution is -0.287. The highest BCUT2D eigenvalue weighted by atomic mass is 35.5. The third-order valence-corrected chi connectivity index (χ3v) is 5.56. The normalized spacial score (nSPS) is 22.5. The molecule has 1 heterocycles. The largest absolute Gasteiger partial charge is 0.490 e. The average Bonchev–Trinajstić information content (AvgIpc) is 2.77. The SMILES string of the molecule is CCCOc1ccc([C@@H]2NC(=O)N[C@](O)(C(F)(F)F)[C@H]2C(=O)c2ccc(Cl)cc2)cc1OCC. The minimum atomic E-state index is -5.36. The van der Waals surface area contributed by atoms with E-state index in [2.05, 4.69) is 5.32 Å². The minimum absolute atomic E-state index is 0.118. The predicted octanol–water partition coefficient (Wildman–Crippen LogP) is 4.63. The van der Waals surface area contributed by atoms with Gasteiger partial charge >= 0.3 is 12.2 Å². The molecule has 2 amide bonds. The van der Waals surface area contributed by atoms with Crippen molar-refractivity contribution in [1.29, 1.82) is 0 Å². The van der Waals surface area contributed by atoms with Crippen LogP contribution < -0.4 is 20.1 Å². The van der Waals surface area contributed by atoms with Gasteiger partial charge in [0.05, 0.1) is 19.3 Å². The molecule has 1 aliphatic heterocycles. The molecular weight excluding hydrogens is 477 g/mol. The molecule has 0 unspecified atom stereocenters. The van der Waals surface area contributed by atoms with E-state index in [1.54, 1.807) is 6.92 Å². The molecule has 1 aliphatic rings. The lowest BCUT2D eigenvalue weighted by Gasteiger charge is -2.45. The Morgan fingerprint density at radius 2 is 1.79 bits per heavy atom. The van der Waals surface area contributed by atoms with Crippen molar-refractivity contribution >= 4 is 23.4 Å². The van der Waals surface area contributed by atoms with Gasteiger partial charge in [-0.3, -0.25) is 4.79 Å². The highest BCUT2D eigenvalue weighted by Crippen LogP contribution is 2.45. The van der Waals surface area contributed by atoms with E-state index in [0.29, 0.717) is 18.8 Å². The first-order chi connectivity index (χ1) is 16.0. The van der Waals surface area contributed by atoms with Crippen LogP contribution >= 0.6 is 11.6 Å². The number of carbonyl (C=O) groups is 2. The van der Waals surface area contributed by atoms with Gasteiger partial charge in [0.2, 0.25) is 5.72 Å². The number of amides is 2. The number of aliphatic hydroxyl groups is 1. The molecular formula is C23H24ClF3N2O5. The number of ketones is 1. The van der Waals surface area contributed by atoms with Crippen molar-refractivity contribution in [3.63, 3.8) is 0 Å². The number of nitrogens with one attached hydrogen (secondary N) is 2. The molecule has 0 aromatic heterocycles. The first-order valence-corrected chi connectivity index (χ1v) is 11.0. The zero-order valence-corrected chi connectivity index (χ0v) is 19.2. The molecule has 11 heteroatoms. The van der Waals surface area contributed by atoms with Crippen molar-refractivity contribution in [2.75, 3.05) is 13.2 Å². The van der Waals surface area contributed by atoms with Gasteiger partial charge in [0.1, 0.15) is 5.92 Å². The average molecular weight is 501 g/mol. The Hall–Kier alpha value is -2.98. The molecule has 1 fully saturated rings. The molecule has 2 aromatic rings. The van der Waals surface area contributed by atoms with E-state index < -0.39 is 35.7 Å². The topological polar surface area (TPSA) is 96.9 Å². The third-order valence-electron chi connectivity index (χ3n) is 5.31. The summed E-state index contributed by atoms with van der Waals surface area (Å²) in [7, 11) is 0. The summed E-state index contributed by atoms with van der Waals surface area (Å²) >= 11 is 5.84. The number of carbonyl (C=O) groups excluding carboxylic acids is 2. The van der Waals surface area contributed by atoms with Gasteiger partial charge in [-0.15, -0.1) is 0 Å². The van der Waals surface area contributed by atoms with Crippen LogP contribution in [0, 0.1) is 5.92 Å². The molecule has 1 saturated heterocycles. The molecule has 2 aromatic carbocycles. The second-order valence-electron chi connectivity index (χ2n) is 7.68. The van der Waals surface area contributed by atoms with Crippen LogP contribution in [0.5, 0.6) is 11.5 Å². The van der Waals surface area contributed by atoms with Crippen LogP contribution in [0.4, 0.5) is 18.0 Å². The van der Waals surface area contributed by atoms with Crippen molar-refractivity contribution in [2.24, 2.45) is 5.92 Å². The van der Waals surface area contributed by atoms with Crippen molar-refractivity contribution < 1.29 is 37.3 Å². The van der Waals surface area contributed by atoms with Crippen LogP contribution in [0.15, 0.2) is 42.5 Å². The van der Waals surface area contributed by atoms with Crippen molar-refractivity contribution in [2.45, 2.75) is 38.2 Å². The van der Waals surface area contributed by atoms with Gasteiger partial charge in [-0.1, -0.05) is 24.6 Å². The van der Waals surface area contributed by atoms with Crippen LogP contribution in [-0.2, 0) is 0 Å². The Kier molecular flexibility index (Phi) is 7.62. The number of hydrogen-bond donors (Lipinski definition) is 3. The molecule has 3 atom stereocenters. The molecule has 0 bridgehead atoms. The fourth-order valence-electron chi connectivity index (χ4n) is 3.73. The highest BCUT2D eigenvalue weighted by Gasteiger charge is 2.66. The predicted molar refractivity (Wildman–Crippen MR) is 118 cm³/mol. The summed E-state index contributed by atoms with van der Waals surface area (Å²) < 4.78 is 53.4. The number of Topliss-reactive ketones (excluding diaryl/α,β-unsaturated/α-hetero) is 1. The zero-order valence-electron chi connectivity index (χ0n) is 18.4. The smallest absolute Gasteiger partial charge is 0.437 e. The molecule has 3 rings (SSSR count). The van der Waals surface area contributed by atoms with Gasteiger partial charge in [0.25, 0.3) is 0 Å². The lowest BCUT2D eigenvalue weighted by atomic mass is 9.77. The number of halogens is 4. The summed E-state index contributed by atoms with van der Waals surface area (Å²) in [5.74, 6) is -2.62. The second-order valence-corrected chi connectivity index (χ2v) is 8.11. The monoisotopic (exact) mass is 500 g/mol. The maximum absolute atomic E-state index is 14.1. The Morgan fingerprint density at radius 3 is 2.38 bits per heavy atom. The van der Waals surface area contributed by atoms with Crippen molar-refractivity contribution in [3.8, 4) is 11.5 Å². The number of urea groups is 1. The highest BCUT2D eigenvalue weighted by molar-refractivity contribution is 6.30. The molecule has 0 saturated carbocycles. The van der Waals surface area contributed by atoms with E-state index >= 15 is 0 Å². The maximum atomic E-state index is 14.1. The molecule has 0 spiro atoms. The molecule has 0 aliphatic carbocycles. The van der Waals surface area contributed by atoms with Crippen LogP contribution in [0.2, 0.25) is 5.02 Å². The van der Waals surface area contributed by atoms with Crippen LogP contribution in [-0.4, -0.2) is 42.0 Å². The number of hydrogen-bond acceptors (Lipinski definition) is 5. The quantitative estimate of drug-likeness (QED) is 0.459. The number of benzene rings is 2. The van der Waals surface area contributed by atoms with E-state index in [1.807, 2.05) is 6.92 Å². The van der Waals surface area contributed by atoms with E-state index in [1.165, 1.54) is 47.8 Å². The summed E-state index contributed by atoms with van der Waals surface area (Å²) in [5, 5.41) is 14.8.